The van der Waals surface area contributed by atoms with E-state index in [0.29, 0.717) is 0 Å². The minimum Gasteiger partial charge on any atom is -0.399 e. The molecule has 3 aromatic rings. The summed E-state index contributed by atoms with van der Waals surface area (Å²) in [5.41, 5.74) is 19.5. The molecular weight excluding hydrogens is 326 g/mol. The molecule has 5 N–H and O–H groups in total. The van der Waals surface area contributed by atoms with Gasteiger partial charge in [0, 0.05) is 29.2 Å². The van der Waals surface area contributed by atoms with E-state index in [2.05, 4.69) is 61.1 Å². The van der Waals surface area contributed by atoms with Crippen molar-refractivity contribution in [1.29, 1.82) is 0 Å². The largest absolute Gasteiger partial charge is 0.399 e. The molecule has 0 saturated heterocycles. The summed E-state index contributed by atoms with van der Waals surface area (Å²) in [6.45, 7) is 7.43. The molecule has 0 aliphatic heterocycles. The highest BCUT2D eigenvalue weighted by Gasteiger charge is 2.13. The van der Waals surface area contributed by atoms with Crippen molar-refractivity contribution in [3.8, 4) is 11.1 Å². The van der Waals surface area contributed by atoms with E-state index in [1.54, 1.807) is 11.3 Å². The van der Waals surface area contributed by atoms with E-state index in [4.69, 9.17) is 11.5 Å². The number of nitrogens with two attached hydrogens (primary N) is 2. The zero-order chi connectivity index (χ0) is 18.0. The maximum absolute atomic E-state index is 6.14. The Bertz CT molecular complexity index is 858. The Balaban J connectivity index is 1.77. The smallest absolute Gasteiger partial charge is 0.0415 e. The molecule has 0 atom stereocenters. The third-order valence-electron chi connectivity index (χ3n) is 4.34. The Morgan fingerprint density at radius 1 is 0.920 bits per heavy atom. The first-order valence-electron chi connectivity index (χ1n) is 8.39. The fourth-order valence-corrected chi connectivity index (χ4v) is 3.65. The van der Waals surface area contributed by atoms with E-state index in [-0.39, 0.29) is 5.41 Å². The molecule has 0 fully saturated rings. The molecule has 130 valence electrons. The first-order valence-corrected chi connectivity index (χ1v) is 9.34. The van der Waals surface area contributed by atoms with Gasteiger partial charge in [0.15, 0.2) is 0 Å². The fraction of sp³-hybridized carbons (Fsp3) is 0.238. The monoisotopic (exact) mass is 351 g/mol. The van der Waals surface area contributed by atoms with Crippen molar-refractivity contribution in [3.63, 3.8) is 0 Å². The number of hydrogen-bond donors (Lipinski definition) is 3. The summed E-state index contributed by atoms with van der Waals surface area (Å²) in [5, 5.41) is 7.80. The van der Waals surface area contributed by atoms with Crippen molar-refractivity contribution in [2.75, 3.05) is 16.8 Å². The van der Waals surface area contributed by atoms with Crippen LogP contribution in [-0.4, -0.2) is 0 Å². The van der Waals surface area contributed by atoms with Crippen LogP contribution in [-0.2, 0) is 12.0 Å². The van der Waals surface area contributed by atoms with Crippen LogP contribution in [0.4, 0.5) is 17.1 Å². The molecular formula is C21H25N3S. The molecule has 0 aliphatic rings. The Morgan fingerprint density at radius 2 is 1.64 bits per heavy atom. The first kappa shape index (κ1) is 17.4. The molecule has 0 amide bonds. The van der Waals surface area contributed by atoms with E-state index in [1.807, 2.05) is 18.2 Å². The number of hydrogen-bond acceptors (Lipinski definition) is 4. The van der Waals surface area contributed by atoms with E-state index in [1.165, 1.54) is 11.1 Å². The zero-order valence-electron chi connectivity index (χ0n) is 15.0. The quantitative estimate of drug-likeness (QED) is 0.545. The maximum Gasteiger partial charge on any atom is 0.0415 e. The molecule has 1 aromatic heterocycles. The SMILES string of the molecule is CC(C)(C)c1ccc(NCc2cscc2-c2cc(N)ccc2N)cc1. The van der Waals surface area contributed by atoms with Crippen molar-refractivity contribution in [1.82, 2.24) is 0 Å². The van der Waals surface area contributed by atoms with Crippen molar-refractivity contribution in [3.05, 3.63) is 64.4 Å². The minimum absolute atomic E-state index is 0.170. The third kappa shape index (κ3) is 3.97. The molecule has 4 heteroatoms. The summed E-state index contributed by atoms with van der Waals surface area (Å²) < 4.78 is 0. The van der Waals surface area contributed by atoms with Crippen LogP contribution in [0.15, 0.2) is 53.2 Å². The van der Waals surface area contributed by atoms with Crippen LogP contribution in [0.2, 0.25) is 0 Å². The fourth-order valence-electron chi connectivity index (χ4n) is 2.79. The van der Waals surface area contributed by atoms with Gasteiger partial charge in [0.05, 0.1) is 0 Å². The second kappa shape index (κ2) is 6.81. The molecule has 0 bridgehead atoms. The predicted octanol–water partition coefficient (Wildman–Crippen LogP) is 5.49. The molecule has 25 heavy (non-hydrogen) atoms. The summed E-state index contributed by atoms with van der Waals surface area (Å²) in [4.78, 5) is 0. The van der Waals surface area contributed by atoms with Gasteiger partial charge < -0.3 is 16.8 Å². The Morgan fingerprint density at radius 3 is 2.32 bits per heavy atom. The van der Waals surface area contributed by atoms with Gasteiger partial charge in [-0.15, -0.1) is 0 Å². The molecule has 0 spiro atoms. The lowest BCUT2D eigenvalue weighted by Gasteiger charge is -2.19. The van der Waals surface area contributed by atoms with Crippen LogP contribution < -0.4 is 16.8 Å². The highest BCUT2D eigenvalue weighted by atomic mass is 32.1. The molecule has 2 aromatic carbocycles. The summed E-state index contributed by atoms with van der Waals surface area (Å²) in [6, 6.07) is 14.3. The topological polar surface area (TPSA) is 64.1 Å². The van der Waals surface area contributed by atoms with Crippen molar-refractivity contribution < 1.29 is 0 Å². The number of rotatable bonds is 4. The van der Waals surface area contributed by atoms with Gasteiger partial charge in [0.25, 0.3) is 0 Å². The molecule has 0 saturated carbocycles. The lowest BCUT2D eigenvalue weighted by atomic mass is 9.87. The van der Waals surface area contributed by atoms with Crippen LogP contribution in [0.1, 0.15) is 31.9 Å². The average molecular weight is 352 g/mol. The molecule has 1 heterocycles. The third-order valence-corrected chi connectivity index (χ3v) is 5.14. The van der Waals surface area contributed by atoms with E-state index < -0.39 is 0 Å². The molecule has 0 aliphatic carbocycles. The number of nitrogen functional groups attached to an aromatic ring is 2. The number of benzene rings is 2. The Kier molecular flexibility index (Phi) is 4.73. The van der Waals surface area contributed by atoms with Gasteiger partial charge in [0.2, 0.25) is 0 Å². The van der Waals surface area contributed by atoms with Crippen molar-refractivity contribution in [2.45, 2.75) is 32.7 Å². The normalized spacial score (nSPS) is 11.5. The number of anilines is 3. The second-order valence-electron chi connectivity index (χ2n) is 7.34. The van der Waals surface area contributed by atoms with Crippen LogP contribution in [0.5, 0.6) is 0 Å². The van der Waals surface area contributed by atoms with Gasteiger partial charge in [-0.3, -0.25) is 0 Å². The van der Waals surface area contributed by atoms with Crippen LogP contribution in [0.25, 0.3) is 11.1 Å². The van der Waals surface area contributed by atoms with Gasteiger partial charge in [0.1, 0.15) is 0 Å². The van der Waals surface area contributed by atoms with Gasteiger partial charge in [-0.1, -0.05) is 32.9 Å². The Hall–Kier alpha value is -2.46. The Labute approximate surface area is 153 Å². The van der Waals surface area contributed by atoms with E-state index in [9.17, 15) is 0 Å². The van der Waals surface area contributed by atoms with Crippen LogP contribution in [0.3, 0.4) is 0 Å². The maximum atomic E-state index is 6.14. The highest BCUT2D eigenvalue weighted by Crippen LogP contribution is 2.33. The first-order chi connectivity index (χ1) is 11.8. The summed E-state index contributed by atoms with van der Waals surface area (Å²) in [7, 11) is 0. The molecule has 3 rings (SSSR count). The number of nitrogens with one attached hydrogen (secondary N) is 1. The summed E-state index contributed by atoms with van der Waals surface area (Å²) in [5.74, 6) is 0. The highest BCUT2D eigenvalue weighted by molar-refractivity contribution is 7.08. The molecule has 0 radical (unpaired) electrons. The lowest BCUT2D eigenvalue weighted by Crippen LogP contribution is -2.10. The summed E-state index contributed by atoms with van der Waals surface area (Å²) >= 11 is 1.68. The average Bonchev–Trinajstić information content (AvgIpc) is 3.03. The van der Waals surface area contributed by atoms with Gasteiger partial charge in [-0.05, 0) is 63.2 Å². The van der Waals surface area contributed by atoms with E-state index >= 15 is 0 Å². The second-order valence-corrected chi connectivity index (χ2v) is 8.08. The van der Waals surface area contributed by atoms with Gasteiger partial charge in [-0.25, -0.2) is 0 Å². The van der Waals surface area contributed by atoms with Crippen molar-refractivity contribution >= 4 is 28.4 Å². The predicted molar refractivity (Wildman–Crippen MR) is 111 cm³/mol. The van der Waals surface area contributed by atoms with Crippen molar-refractivity contribution in [2.24, 2.45) is 0 Å². The summed E-state index contributed by atoms with van der Waals surface area (Å²) in [6.07, 6.45) is 0. The van der Waals surface area contributed by atoms with E-state index in [0.717, 1.165) is 34.7 Å². The number of thiophene rings is 1. The lowest BCUT2D eigenvalue weighted by molar-refractivity contribution is 0.590. The minimum atomic E-state index is 0.170. The van der Waals surface area contributed by atoms with Gasteiger partial charge in [-0.2, -0.15) is 11.3 Å². The molecule has 0 unspecified atom stereocenters. The zero-order valence-corrected chi connectivity index (χ0v) is 15.8. The standard InChI is InChI=1S/C21H25N3S/c1-21(2,3)15-4-7-17(8-5-15)24-11-14-12-25-13-19(14)18-10-16(22)6-9-20(18)23/h4-10,12-13,24H,11,22-23H2,1-3H3. The van der Waals surface area contributed by atoms with Crippen LogP contribution >= 0.6 is 11.3 Å². The molecule has 3 nitrogen and oxygen atoms in total. The van der Waals surface area contributed by atoms with Crippen LogP contribution in [0, 0.1) is 0 Å². The van der Waals surface area contributed by atoms with Gasteiger partial charge >= 0.3 is 0 Å².